The van der Waals surface area contributed by atoms with Crippen molar-refractivity contribution in [3.05, 3.63) is 65.2 Å². The molecule has 3 atom stereocenters. The van der Waals surface area contributed by atoms with Gasteiger partial charge in [0.05, 0.1) is 10.1 Å². The predicted molar refractivity (Wildman–Crippen MR) is 90.3 cm³/mol. The Hall–Kier alpha value is -1.94. The number of benzene rings is 2. The summed E-state index contributed by atoms with van der Waals surface area (Å²) in [5, 5.41) is -0.643. The third kappa shape index (κ3) is 2.83. The quantitative estimate of drug-likeness (QED) is 0.791. The number of rotatable bonds is 5. The van der Waals surface area contributed by atoms with Crippen LogP contribution >= 0.6 is 0 Å². The monoisotopic (exact) mass is 328 g/mol. The van der Waals surface area contributed by atoms with E-state index in [1.54, 1.807) is 24.3 Å². The Kier molecular flexibility index (Phi) is 4.11. The Morgan fingerprint density at radius 2 is 1.61 bits per heavy atom. The summed E-state index contributed by atoms with van der Waals surface area (Å²) >= 11 is 0. The van der Waals surface area contributed by atoms with Crippen molar-refractivity contribution in [3.63, 3.8) is 0 Å². The molecule has 0 heterocycles. The van der Waals surface area contributed by atoms with Gasteiger partial charge in [0.25, 0.3) is 0 Å². The minimum Gasteiger partial charge on any atom is -0.303 e. The molecular weight excluding hydrogens is 308 g/mol. The molecule has 2 aromatic rings. The van der Waals surface area contributed by atoms with Crippen LogP contribution in [-0.4, -0.2) is 20.0 Å². The third-order valence-corrected chi connectivity index (χ3v) is 6.90. The highest BCUT2D eigenvalue weighted by Crippen LogP contribution is 2.52. The lowest BCUT2D eigenvalue weighted by Crippen LogP contribution is -2.11. The minimum absolute atomic E-state index is 0.232. The molecule has 0 N–H and O–H groups in total. The summed E-state index contributed by atoms with van der Waals surface area (Å²) in [5.41, 5.74) is 3.15. The molecule has 0 aliphatic heterocycles. The van der Waals surface area contributed by atoms with Gasteiger partial charge >= 0.3 is 0 Å². The van der Waals surface area contributed by atoms with Crippen molar-refractivity contribution in [1.82, 2.24) is 0 Å². The predicted octanol–water partition coefficient (Wildman–Crippen LogP) is 3.31. The van der Waals surface area contributed by atoms with Gasteiger partial charge in [-0.2, -0.15) is 0 Å². The van der Waals surface area contributed by atoms with E-state index in [0.29, 0.717) is 4.90 Å². The first kappa shape index (κ1) is 15.9. The second kappa shape index (κ2) is 5.93. The Bertz CT molecular complexity index is 805. The van der Waals surface area contributed by atoms with Crippen LogP contribution in [0.25, 0.3) is 0 Å². The third-order valence-electron chi connectivity index (χ3n) is 4.64. The van der Waals surface area contributed by atoms with Crippen LogP contribution in [0.5, 0.6) is 0 Å². The fourth-order valence-corrected chi connectivity index (χ4v) is 5.25. The average Bonchev–Trinajstić information content (AvgIpc) is 3.31. The fraction of sp³-hybridized carbons (Fsp3) is 0.316. The lowest BCUT2D eigenvalue weighted by atomic mass is 10.1. The van der Waals surface area contributed by atoms with Crippen LogP contribution in [0.1, 0.15) is 29.5 Å². The number of aldehydes is 1. The van der Waals surface area contributed by atoms with Gasteiger partial charge in [0, 0.05) is 11.8 Å². The zero-order valence-electron chi connectivity index (χ0n) is 13.3. The van der Waals surface area contributed by atoms with E-state index in [1.165, 1.54) is 5.56 Å². The summed E-state index contributed by atoms with van der Waals surface area (Å²) in [6.45, 7) is 3.99. The van der Waals surface area contributed by atoms with Gasteiger partial charge in [-0.3, -0.25) is 0 Å². The van der Waals surface area contributed by atoms with Crippen LogP contribution in [0.3, 0.4) is 0 Å². The maximum absolute atomic E-state index is 12.8. The standard InChI is InChI=1S/C19H20O3S/c1-3-14-6-8-15(9-7-14)18-17(12-20)19(18)23(21,22)16-10-4-13(2)5-11-16/h4-12,17-19H,3H2,1-2H3/t17-,18+,19+/m0/s1. The van der Waals surface area contributed by atoms with Crippen molar-refractivity contribution in [2.24, 2.45) is 5.92 Å². The van der Waals surface area contributed by atoms with Gasteiger partial charge in [0.15, 0.2) is 9.84 Å². The molecule has 2 aromatic carbocycles. The molecule has 1 fully saturated rings. The highest BCUT2D eigenvalue weighted by molar-refractivity contribution is 7.92. The van der Waals surface area contributed by atoms with E-state index in [4.69, 9.17) is 0 Å². The molecule has 0 amide bonds. The first-order chi connectivity index (χ1) is 11.0. The molecule has 120 valence electrons. The van der Waals surface area contributed by atoms with Gasteiger partial charge in [-0.05, 0) is 36.6 Å². The van der Waals surface area contributed by atoms with E-state index in [-0.39, 0.29) is 5.92 Å². The van der Waals surface area contributed by atoms with E-state index in [0.717, 1.165) is 23.8 Å². The molecule has 3 rings (SSSR count). The molecule has 1 aliphatic carbocycles. The van der Waals surface area contributed by atoms with Crippen LogP contribution < -0.4 is 0 Å². The van der Waals surface area contributed by atoms with Gasteiger partial charge in [-0.15, -0.1) is 0 Å². The smallest absolute Gasteiger partial charge is 0.182 e. The van der Waals surface area contributed by atoms with Crippen LogP contribution in [0, 0.1) is 12.8 Å². The Morgan fingerprint density at radius 1 is 1.00 bits per heavy atom. The number of carbonyl (C=O) groups excluding carboxylic acids is 1. The van der Waals surface area contributed by atoms with Crippen molar-refractivity contribution in [1.29, 1.82) is 0 Å². The second-order valence-corrected chi connectivity index (χ2v) is 8.26. The number of hydrogen-bond acceptors (Lipinski definition) is 3. The maximum atomic E-state index is 12.8. The molecule has 0 unspecified atom stereocenters. The second-order valence-electron chi connectivity index (χ2n) is 6.16. The van der Waals surface area contributed by atoms with Crippen molar-refractivity contribution >= 4 is 16.1 Å². The van der Waals surface area contributed by atoms with Crippen LogP contribution in [0.15, 0.2) is 53.4 Å². The number of hydrogen-bond donors (Lipinski definition) is 0. The molecule has 1 saturated carbocycles. The van der Waals surface area contributed by atoms with Crippen molar-refractivity contribution in [2.75, 3.05) is 0 Å². The molecule has 0 bridgehead atoms. The van der Waals surface area contributed by atoms with Gasteiger partial charge in [0.1, 0.15) is 6.29 Å². The Labute approximate surface area is 137 Å². The number of carbonyl (C=O) groups is 1. The summed E-state index contributed by atoms with van der Waals surface area (Å²) in [6.07, 6.45) is 1.72. The first-order valence-electron chi connectivity index (χ1n) is 7.83. The van der Waals surface area contributed by atoms with Gasteiger partial charge < -0.3 is 4.79 Å². The van der Waals surface area contributed by atoms with Crippen molar-refractivity contribution < 1.29 is 13.2 Å². The van der Waals surface area contributed by atoms with E-state index < -0.39 is 21.0 Å². The fourth-order valence-electron chi connectivity index (χ4n) is 3.14. The molecular formula is C19H20O3S. The highest BCUT2D eigenvalue weighted by Gasteiger charge is 2.58. The lowest BCUT2D eigenvalue weighted by molar-refractivity contribution is -0.108. The van der Waals surface area contributed by atoms with E-state index in [2.05, 4.69) is 6.92 Å². The van der Waals surface area contributed by atoms with Crippen LogP contribution in [-0.2, 0) is 21.1 Å². The SMILES string of the molecule is CCc1ccc([C@@H]2[C@H](C=O)[C@H]2S(=O)(=O)c2ccc(C)cc2)cc1. The van der Waals surface area contributed by atoms with E-state index in [1.807, 2.05) is 31.2 Å². The molecule has 1 aliphatic rings. The zero-order chi connectivity index (χ0) is 16.6. The van der Waals surface area contributed by atoms with Crippen LogP contribution in [0.2, 0.25) is 0 Å². The Balaban J connectivity index is 1.92. The molecule has 4 heteroatoms. The topological polar surface area (TPSA) is 51.2 Å². The van der Waals surface area contributed by atoms with Gasteiger partial charge in [-0.1, -0.05) is 48.9 Å². The molecule has 0 saturated heterocycles. The lowest BCUT2D eigenvalue weighted by Gasteiger charge is -2.05. The number of sulfone groups is 1. The van der Waals surface area contributed by atoms with E-state index in [9.17, 15) is 13.2 Å². The normalized spacial score (nSPS) is 23.5. The van der Waals surface area contributed by atoms with Crippen molar-refractivity contribution in [3.8, 4) is 0 Å². The summed E-state index contributed by atoms with van der Waals surface area (Å²) in [5.74, 6) is -0.682. The highest BCUT2D eigenvalue weighted by atomic mass is 32.2. The summed E-state index contributed by atoms with van der Waals surface area (Å²) in [6, 6.07) is 14.7. The van der Waals surface area contributed by atoms with Gasteiger partial charge in [0.2, 0.25) is 0 Å². The summed E-state index contributed by atoms with van der Waals surface area (Å²) in [4.78, 5) is 11.7. The average molecular weight is 328 g/mol. The van der Waals surface area contributed by atoms with E-state index >= 15 is 0 Å². The summed E-state index contributed by atoms with van der Waals surface area (Å²) in [7, 11) is -3.49. The number of aryl methyl sites for hydroxylation is 2. The molecule has 0 radical (unpaired) electrons. The molecule has 3 nitrogen and oxygen atoms in total. The zero-order valence-corrected chi connectivity index (χ0v) is 14.1. The first-order valence-corrected chi connectivity index (χ1v) is 9.38. The largest absolute Gasteiger partial charge is 0.303 e. The molecule has 0 spiro atoms. The Morgan fingerprint density at radius 3 is 2.13 bits per heavy atom. The van der Waals surface area contributed by atoms with Crippen molar-refractivity contribution in [2.45, 2.75) is 36.3 Å². The molecule has 0 aromatic heterocycles. The van der Waals surface area contributed by atoms with Gasteiger partial charge in [-0.25, -0.2) is 8.42 Å². The molecule has 23 heavy (non-hydrogen) atoms. The summed E-state index contributed by atoms with van der Waals surface area (Å²) < 4.78 is 25.6. The minimum atomic E-state index is -3.49. The van der Waals surface area contributed by atoms with Crippen LogP contribution in [0.4, 0.5) is 0 Å². The maximum Gasteiger partial charge on any atom is 0.182 e.